The highest BCUT2D eigenvalue weighted by Gasteiger charge is 2.27. The molecule has 0 unspecified atom stereocenters. The highest BCUT2D eigenvalue weighted by molar-refractivity contribution is 7.92. The SMILES string of the molecule is Cc1nc(-c2cc(S(=O)(=O)Nc3cccc(Cl)c3)c(C)n2C)sc1C(=O)N1CCCCC1. The number of amides is 1. The Labute approximate surface area is 197 Å². The lowest BCUT2D eigenvalue weighted by Crippen LogP contribution is -2.35. The van der Waals surface area contributed by atoms with Crippen LogP contribution in [0.1, 0.15) is 40.3 Å². The second-order valence-electron chi connectivity index (χ2n) is 7.94. The summed E-state index contributed by atoms with van der Waals surface area (Å²) in [4.78, 5) is 20.2. The quantitative estimate of drug-likeness (QED) is 0.552. The van der Waals surface area contributed by atoms with Gasteiger partial charge in [-0.25, -0.2) is 13.4 Å². The van der Waals surface area contributed by atoms with Crippen molar-refractivity contribution in [1.29, 1.82) is 0 Å². The number of carbonyl (C=O) groups excluding carboxylic acids is 1. The number of halogens is 1. The maximum absolute atomic E-state index is 13.1. The molecule has 3 aromatic rings. The number of likely N-dealkylation sites (tertiary alicyclic amines) is 1. The van der Waals surface area contributed by atoms with E-state index in [0.29, 0.717) is 37.7 Å². The fourth-order valence-electron chi connectivity index (χ4n) is 3.86. The van der Waals surface area contributed by atoms with E-state index >= 15 is 0 Å². The second kappa shape index (κ2) is 8.88. The van der Waals surface area contributed by atoms with E-state index in [1.807, 2.05) is 11.8 Å². The Morgan fingerprint density at radius 1 is 1.16 bits per heavy atom. The largest absolute Gasteiger partial charge is 0.345 e. The Kier molecular flexibility index (Phi) is 6.33. The van der Waals surface area contributed by atoms with Crippen LogP contribution in [0.5, 0.6) is 0 Å². The van der Waals surface area contributed by atoms with Gasteiger partial charge in [0.1, 0.15) is 14.8 Å². The van der Waals surface area contributed by atoms with Gasteiger partial charge >= 0.3 is 0 Å². The summed E-state index contributed by atoms with van der Waals surface area (Å²) in [7, 11) is -2.04. The number of aromatic nitrogens is 2. The third kappa shape index (κ3) is 4.42. The average molecular weight is 493 g/mol. The van der Waals surface area contributed by atoms with Crippen molar-refractivity contribution in [2.24, 2.45) is 7.05 Å². The zero-order valence-corrected chi connectivity index (χ0v) is 20.6. The molecule has 1 saturated heterocycles. The number of sulfonamides is 1. The molecule has 1 aliphatic rings. The van der Waals surface area contributed by atoms with Crippen LogP contribution in [0, 0.1) is 13.8 Å². The molecule has 0 bridgehead atoms. The summed E-state index contributed by atoms with van der Waals surface area (Å²) >= 11 is 7.29. The summed E-state index contributed by atoms with van der Waals surface area (Å²) in [5.74, 6) is 0.00680. The first-order valence-corrected chi connectivity index (χ1v) is 13.1. The summed E-state index contributed by atoms with van der Waals surface area (Å²) in [6.07, 6.45) is 3.20. The van der Waals surface area contributed by atoms with Crippen LogP contribution < -0.4 is 4.72 Å². The first kappa shape index (κ1) is 22.8. The van der Waals surface area contributed by atoms with E-state index in [-0.39, 0.29) is 10.8 Å². The molecule has 1 N–H and O–H groups in total. The molecule has 0 radical (unpaired) electrons. The van der Waals surface area contributed by atoms with Crippen LogP contribution in [0.25, 0.3) is 10.7 Å². The number of rotatable bonds is 5. The number of aryl methyl sites for hydroxylation is 1. The molecule has 1 amide bonds. The monoisotopic (exact) mass is 492 g/mol. The van der Waals surface area contributed by atoms with Gasteiger partial charge in [0.15, 0.2) is 0 Å². The normalized spacial score (nSPS) is 14.6. The van der Waals surface area contributed by atoms with Gasteiger partial charge in [-0.1, -0.05) is 17.7 Å². The van der Waals surface area contributed by atoms with E-state index in [2.05, 4.69) is 9.71 Å². The van der Waals surface area contributed by atoms with Gasteiger partial charge < -0.3 is 9.47 Å². The van der Waals surface area contributed by atoms with Crippen LogP contribution in [-0.4, -0.2) is 41.9 Å². The van der Waals surface area contributed by atoms with E-state index in [4.69, 9.17) is 11.6 Å². The molecular weight excluding hydrogens is 468 g/mol. The Morgan fingerprint density at radius 2 is 1.88 bits per heavy atom. The summed E-state index contributed by atoms with van der Waals surface area (Å²) in [6, 6.07) is 8.17. The van der Waals surface area contributed by atoms with E-state index in [0.717, 1.165) is 32.4 Å². The lowest BCUT2D eigenvalue weighted by molar-refractivity contribution is 0.0728. The standard InChI is InChI=1S/C22H25ClN4O3S2/c1-14-20(22(28)27-10-5-4-6-11-27)31-21(24-14)18-13-19(15(2)26(18)3)32(29,30)25-17-9-7-8-16(23)12-17/h7-9,12-13,25H,4-6,10-11H2,1-3H3. The molecule has 1 fully saturated rings. The topological polar surface area (TPSA) is 84.3 Å². The Hall–Kier alpha value is -2.36. The summed E-state index contributed by atoms with van der Waals surface area (Å²) in [5, 5.41) is 1.07. The van der Waals surface area contributed by atoms with Crippen molar-refractivity contribution >= 4 is 44.6 Å². The molecule has 0 saturated carbocycles. The highest BCUT2D eigenvalue weighted by atomic mass is 35.5. The maximum atomic E-state index is 13.1. The molecule has 1 aromatic carbocycles. The minimum atomic E-state index is -3.84. The number of carbonyl (C=O) groups is 1. The number of hydrogen-bond acceptors (Lipinski definition) is 5. The number of thiazole rings is 1. The van der Waals surface area contributed by atoms with E-state index in [1.165, 1.54) is 11.3 Å². The van der Waals surface area contributed by atoms with Gasteiger partial charge in [-0.05, 0) is 57.4 Å². The summed E-state index contributed by atoms with van der Waals surface area (Å²) in [5.41, 5.74) is 2.29. The smallest absolute Gasteiger partial charge is 0.265 e. The highest BCUT2D eigenvalue weighted by Crippen LogP contribution is 2.34. The molecule has 0 aliphatic carbocycles. The average Bonchev–Trinajstić information content (AvgIpc) is 3.28. The number of piperidine rings is 1. The van der Waals surface area contributed by atoms with Crippen molar-refractivity contribution in [3.8, 4) is 10.7 Å². The molecule has 0 spiro atoms. The molecule has 1 aliphatic heterocycles. The van der Waals surface area contributed by atoms with Gasteiger partial charge in [-0.3, -0.25) is 9.52 Å². The molecule has 2 aromatic heterocycles. The minimum Gasteiger partial charge on any atom is -0.345 e. The molecule has 10 heteroatoms. The van der Waals surface area contributed by atoms with Gasteiger partial charge in [-0.15, -0.1) is 11.3 Å². The maximum Gasteiger partial charge on any atom is 0.265 e. The molecule has 170 valence electrons. The lowest BCUT2D eigenvalue weighted by atomic mass is 10.1. The number of anilines is 1. The zero-order chi connectivity index (χ0) is 23.0. The van der Waals surface area contributed by atoms with Crippen LogP contribution in [0.4, 0.5) is 5.69 Å². The van der Waals surface area contributed by atoms with Crippen LogP contribution in [0.15, 0.2) is 35.2 Å². The summed E-state index contributed by atoms with van der Waals surface area (Å²) < 4.78 is 30.5. The Balaban J connectivity index is 1.66. The predicted octanol–water partition coefficient (Wildman–Crippen LogP) is 4.85. The molecule has 4 rings (SSSR count). The van der Waals surface area contributed by atoms with Crippen molar-refractivity contribution in [2.45, 2.75) is 38.0 Å². The van der Waals surface area contributed by atoms with Gasteiger partial charge in [0.05, 0.1) is 17.1 Å². The Morgan fingerprint density at radius 3 is 2.56 bits per heavy atom. The van der Waals surface area contributed by atoms with Crippen LogP contribution >= 0.6 is 22.9 Å². The van der Waals surface area contributed by atoms with Crippen LogP contribution in [0.2, 0.25) is 5.02 Å². The number of benzene rings is 1. The lowest BCUT2D eigenvalue weighted by Gasteiger charge is -2.26. The van der Waals surface area contributed by atoms with Crippen molar-refractivity contribution in [1.82, 2.24) is 14.5 Å². The van der Waals surface area contributed by atoms with E-state index < -0.39 is 10.0 Å². The van der Waals surface area contributed by atoms with Gasteiger partial charge in [0.2, 0.25) is 0 Å². The van der Waals surface area contributed by atoms with Crippen molar-refractivity contribution < 1.29 is 13.2 Å². The zero-order valence-electron chi connectivity index (χ0n) is 18.2. The molecule has 7 nitrogen and oxygen atoms in total. The van der Waals surface area contributed by atoms with E-state index in [9.17, 15) is 13.2 Å². The second-order valence-corrected chi connectivity index (χ2v) is 11.0. The van der Waals surface area contributed by atoms with Gasteiger partial charge in [0.25, 0.3) is 15.9 Å². The minimum absolute atomic E-state index is 0.00680. The fraction of sp³-hybridized carbons (Fsp3) is 0.364. The third-order valence-corrected chi connectivity index (χ3v) is 8.61. The van der Waals surface area contributed by atoms with Crippen molar-refractivity contribution in [2.75, 3.05) is 17.8 Å². The van der Waals surface area contributed by atoms with Crippen molar-refractivity contribution in [3.63, 3.8) is 0 Å². The first-order chi connectivity index (χ1) is 15.2. The number of nitrogens with zero attached hydrogens (tertiary/aromatic N) is 3. The molecule has 0 atom stereocenters. The van der Waals surface area contributed by atoms with Crippen LogP contribution in [0.3, 0.4) is 0 Å². The number of hydrogen-bond donors (Lipinski definition) is 1. The Bertz CT molecular complexity index is 1270. The van der Waals surface area contributed by atoms with Gasteiger partial charge in [0, 0.05) is 30.9 Å². The third-order valence-electron chi connectivity index (χ3n) is 5.71. The molecule has 3 heterocycles. The fourth-order valence-corrected chi connectivity index (χ4v) is 6.47. The predicted molar refractivity (Wildman–Crippen MR) is 128 cm³/mol. The molecular formula is C22H25ClN4O3S2. The molecule has 32 heavy (non-hydrogen) atoms. The number of nitrogens with one attached hydrogen (secondary N) is 1. The van der Waals surface area contributed by atoms with Crippen LogP contribution in [-0.2, 0) is 17.1 Å². The van der Waals surface area contributed by atoms with Gasteiger partial charge in [-0.2, -0.15) is 0 Å². The summed E-state index contributed by atoms with van der Waals surface area (Å²) in [6.45, 7) is 5.11. The van der Waals surface area contributed by atoms with E-state index in [1.54, 1.807) is 48.9 Å². The first-order valence-electron chi connectivity index (χ1n) is 10.4. The van der Waals surface area contributed by atoms with Crippen molar-refractivity contribution in [3.05, 3.63) is 51.6 Å².